The Labute approximate surface area is 397 Å². The summed E-state index contributed by atoms with van der Waals surface area (Å²) in [6.07, 6.45) is 12.9. The maximum atomic E-state index is 6.74. The molecular weight excluding hydrogens is 924 g/mol. The van der Waals surface area contributed by atoms with Crippen molar-refractivity contribution in [2.24, 2.45) is 0 Å². The molecule has 0 bridgehead atoms. The molecule has 0 radical (unpaired) electrons. The fraction of sp³-hybridized carbons (Fsp3) is 0.417. The van der Waals surface area contributed by atoms with E-state index in [0.29, 0.717) is 89.6 Å². The summed E-state index contributed by atoms with van der Waals surface area (Å²) in [5.74, 6) is 1.88. The quantitative estimate of drug-likeness (QED) is 0.0490. The maximum absolute atomic E-state index is 6.74. The maximum Gasteiger partial charge on any atom is 0.156 e. The predicted molar refractivity (Wildman–Crippen MR) is 259 cm³/mol. The normalized spacial score (nSPS) is 11.7. The highest BCUT2D eigenvalue weighted by molar-refractivity contribution is 6.39. The van der Waals surface area contributed by atoms with E-state index in [9.17, 15) is 0 Å². The molecular formula is C48H54Cl8O4. The molecule has 0 aliphatic rings. The molecule has 0 amide bonds. The van der Waals surface area contributed by atoms with Crippen LogP contribution >= 0.6 is 92.8 Å². The van der Waals surface area contributed by atoms with Crippen LogP contribution in [0.15, 0.2) is 73.8 Å². The molecule has 4 aromatic carbocycles. The fourth-order valence-corrected chi connectivity index (χ4v) is 8.99. The van der Waals surface area contributed by atoms with Gasteiger partial charge < -0.3 is 18.9 Å². The summed E-state index contributed by atoms with van der Waals surface area (Å²) < 4.78 is 23.9. The number of halogens is 8. The molecule has 4 nitrogen and oxygen atoms in total. The Kier molecular flexibility index (Phi) is 20.3. The van der Waals surface area contributed by atoms with Crippen LogP contribution in [0.4, 0.5) is 0 Å². The van der Waals surface area contributed by atoms with Gasteiger partial charge in [0.1, 0.15) is 0 Å². The molecule has 0 aliphatic heterocycles. The second-order valence-electron chi connectivity index (χ2n) is 15.7. The molecule has 0 saturated heterocycles. The smallest absolute Gasteiger partial charge is 0.156 e. The highest BCUT2D eigenvalue weighted by Crippen LogP contribution is 2.46. The summed E-state index contributed by atoms with van der Waals surface area (Å²) in [6, 6.07) is 15.0. The zero-order valence-electron chi connectivity index (χ0n) is 34.7. The first-order valence-corrected chi connectivity index (χ1v) is 23.3. The SMILES string of the molecule is C=CCCCCOc1c(Cl)cc(C(C)(C)c2cc(Cl)c(OCCCCCCOc3c(Cl)cc(C(C)(C)c4cc(Cl)c(OCCCCC=C)c(Cl)c4)cc3Cl)c(Cl)c2)cc1Cl. The van der Waals surface area contributed by atoms with Crippen molar-refractivity contribution in [1.82, 2.24) is 0 Å². The third-order valence-electron chi connectivity index (χ3n) is 10.5. The van der Waals surface area contributed by atoms with E-state index in [0.717, 1.165) is 86.5 Å². The average molecular weight is 979 g/mol. The molecule has 4 aromatic rings. The van der Waals surface area contributed by atoms with Gasteiger partial charge in [-0.25, -0.2) is 0 Å². The predicted octanol–water partition coefficient (Wildman–Crippen LogP) is 18.1. The van der Waals surface area contributed by atoms with Crippen LogP contribution in [0.2, 0.25) is 40.2 Å². The summed E-state index contributed by atoms with van der Waals surface area (Å²) in [5, 5.41) is 3.53. The molecule has 0 spiro atoms. The van der Waals surface area contributed by atoms with Crippen LogP contribution in [0.3, 0.4) is 0 Å². The van der Waals surface area contributed by atoms with Gasteiger partial charge in [0.05, 0.1) is 66.6 Å². The third-order valence-corrected chi connectivity index (χ3v) is 12.8. The van der Waals surface area contributed by atoms with Crippen LogP contribution in [-0.2, 0) is 10.8 Å². The molecule has 0 unspecified atom stereocenters. The van der Waals surface area contributed by atoms with Crippen LogP contribution in [0.5, 0.6) is 23.0 Å². The molecule has 4 rings (SSSR count). The van der Waals surface area contributed by atoms with Gasteiger partial charge in [-0.1, -0.05) is 133 Å². The Hall–Kier alpha value is -2.12. The number of hydrogen-bond donors (Lipinski definition) is 0. The van der Waals surface area contributed by atoms with Gasteiger partial charge in [0.25, 0.3) is 0 Å². The number of rotatable bonds is 25. The minimum Gasteiger partial charge on any atom is -0.490 e. The first-order chi connectivity index (χ1) is 28.5. The highest BCUT2D eigenvalue weighted by Gasteiger charge is 2.29. The number of hydrogen-bond acceptors (Lipinski definition) is 4. The Morgan fingerprint density at radius 1 is 0.367 bits per heavy atom. The van der Waals surface area contributed by atoms with E-state index >= 15 is 0 Å². The standard InChI is InChI=1S/C48H54Cl8O4/c1-7-9-11-15-19-57-43-35(49)23-31(24-36(43)50)47(3,4)33-27-39(53)45(40(54)28-33)59-21-17-13-14-18-22-60-46-41(55)29-34(30-42(46)56)48(5,6)32-25-37(51)44(38(52)26-32)58-20-16-12-10-8-2/h7-8,23-30H,1-2,9-22H2,3-6H3. The molecule has 60 heavy (non-hydrogen) atoms. The van der Waals surface area contributed by atoms with Gasteiger partial charge in [-0.15, -0.1) is 13.2 Å². The molecule has 0 heterocycles. The van der Waals surface area contributed by atoms with Gasteiger partial charge >= 0.3 is 0 Å². The number of allylic oxidation sites excluding steroid dienone is 2. The van der Waals surface area contributed by atoms with Gasteiger partial charge in [0, 0.05) is 10.8 Å². The number of benzene rings is 4. The van der Waals surface area contributed by atoms with Crippen molar-refractivity contribution < 1.29 is 18.9 Å². The zero-order chi connectivity index (χ0) is 44.0. The van der Waals surface area contributed by atoms with E-state index in [1.807, 2.05) is 60.7 Å². The lowest BCUT2D eigenvalue weighted by Gasteiger charge is -2.28. The van der Waals surface area contributed by atoms with Crippen molar-refractivity contribution in [3.05, 3.63) is 136 Å². The molecule has 0 fully saturated rings. The number of unbranched alkanes of at least 4 members (excludes halogenated alkanes) is 7. The van der Waals surface area contributed by atoms with Crippen molar-refractivity contribution in [2.75, 3.05) is 26.4 Å². The monoisotopic (exact) mass is 974 g/mol. The number of ether oxygens (including phenoxy) is 4. The van der Waals surface area contributed by atoms with Crippen molar-refractivity contribution in [2.45, 2.75) is 103 Å². The molecule has 0 aromatic heterocycles. The lowest BCUT2D eigenvalue weighted by molar-refractivity contribution is 0.288. The van der Waals surface area contributed by atoms with E-state index < -0.39 is 10.8 Å². The summed E-state index contributed by atoms with van der Waals surface area (Å²) in [5.41, 5.74) is 2.55. The van der Waals surface area contributed by atoms with Crippen molar-refractivity contribution in [3.63, 3.8) is 0 Å². The van der Waals surface area contributed by atoms with E-state index in [4.69, 9.17) is 112 Å². The topological polar surface area (TPSA) is 36.9 Å². The molecule has 0 saturated carbocycles. The summed E-state index contributed by atoms with van der Waals surface area (Å²) in [4.78, 5) is 0. The first-order valence-electron chi connectivity index (χ1n) is 20.2. The van der Waals surface area contributed by atoms with Gasteiger partial charge in [0.15, 0.2) is 23.0 Å². The Morgan fingerprint density at radius 3 is 0.767 bits per heavy atom. The van der Waals surface area contributed by atoms with Crippen molar-refractivity contribution >= 4 is 92.8 Å². The zero-order valence-corrected chi connectivity index (χ0v) is 40.8. The van der Waals surface area contributed by atoms with E-state index in [-0.39, 0.29) is 0 Å². The fourth-order valence-electron chi connectivity index (χ4n) is 6.60. The average Bonchev–Trinajstić information content (AvgIpc) is 3.18. The van der Waals surface area contributed by atoms with Crippen molar-refractivity contribution in [3.8, 4) is 23.0 Å². The second kappa shape index (κ2) is 24.1. The van der Waals surface area contributed by atoms with Crippen LogP contribution in [-0.4, -0.2) is 26.4 Å². The van der Waals surface area contributed by atoms with E-state index in [2.05, 4.69) is 40.9 Å². The van der Waals surface area contributed by atoms with E-state index in [1.54, 1.807) is 0 Å². The third kappa shape index (κ3) is 13.7. The lowest BCUT2D eigenvalue weighted by Crippen LogP contribution is -2.19. The summed E-state index contributed by atoms with van der Waals surface area (Å²) in [7, 11) is 0. The van der Waals surface area contributed by atoms with Crippen LogP contribution in [0, 0.1) is 0 Å². The lowest BCUT2D eigenvalue weighted by atomic mass is 9.78. The first kappa shape index (κ1) is 50.5. The Balaban J connectivity index is 1.25. The molecule has 0 N–H and O–H groups in total. The van der Waals surface area contributed by atoms with Crippen LogP contribution < -0.4 is 18.9 Å². The summed E-state index contributed by atoms with van der Waals surface area (Å²) in [6.45, 7) is 17.7. The Morgan fingerprint density at radius 2 is 0.567 bits per heavy atom. The molecule has 0 atom stereocenters. The van der Waals surface area contributed by atoms with Crippen LogP contribution in [0.1, 0.15) is 114 Å². The van der Waals surface area contributed by atoms with Gasteiger partial charge in [0.2, 0.25) is 0 Å². The minimum atomic E-state index is -0.520. The minimum absolute atomic E-state index is 0.431. The molecule has 0 aliphatic carbocycles. The van der Waals surface area contributed by atoms with Crippen molar-refractivity contribution in [1.29, 1.82) is 0 Å². The van der Waals surface area contributed by atoms with E-state index in [1.165, 1.54) is 0 Å². The van der Waals surface area contributed by atoms with Gasteiger partial charge in [-0.3, -0.25) is 0 Å². The largest absolute Gasteiger partial charge is 0.490 e. The molecule has 12 heteroatoms. The highest BCUT2D eigenvalue weighted by atomic mass is 35.5. The van der Waals surface area contributed by atoms with Gasteiger partial charge in [-0.05, 0) is 135 Å². The Bertz CT molecular complexity index is 1840. The second-order valence-corrected chi connectivity index (χ2v) is 19.0. The molecule has 326 valence electrons. The van der Waals surface area contributed by atoms with Crippen LogP contribution in [0.25, 0.3) is 0 Å². The van der Waals surface area contributed by atoms with Gasteiger partial charge in [-0.2, -0.15) is 0 Å². The summed E-state index contributed by atoms with van der Waals surface area (Å²) >= 11 is 53.6.